The lowest BCUT2D eigenvalue weighted by molar-refractivity contribution is 0.669. The second-order valence-electron chi connectivity index (χ2n) is 16.0. The van der Waals surface area contributed by atoms with Gasteiger partial charge >= 0.3 is 0 Å². The highest BCUT2D eigenvalue weighted by atomic mass is 16.3. The van der Waals surface area contributed by atoms with Crippen LogP contribution < -0.4 is 4.90 Å². The maximum atomic E-state index is 6.51. The van der Waals surface area contributed by atoms with Crippen molar-refractivity contribution in [2.45, 2.75) is 5.41 Å². The molecule has 2 aliphatic rings. The van der Waals surface area contributed by atoms with Gasteiger partial charge in [0.25, 0.3) is 0 Å². The third-order valence-corrected chi connectivity index (χ3v) is 13.0. The van der Waals surface area contributed by atoms with Crippen molar-refractivity contribution >= 4 is 60.5 Å². The summed E-state index contributed by atoms with van der Waals surface area (Å²) < 4.78 is 6.51. The van der Waals surface area contributed by atoms with Crippen LogP contribution >= 0.6 is 0 Å². The first-order chi connectivity index (χ1) is 29.2. The molecule has 2 aliphatic carbocycles. The maximum Gasteiger partial charge on any atom is 0.137 e. The van der Waals surface area contributed by atoms with Crippen LogP contribution in [-0.4, -0.2) is 0 Å². The van der Waals surface area contributed by atoms with Crippen molar-refractivity contribution in [1.29, 1.82) is 0 Å². The lowest BCUT2D eigenvalue weighted by Crippen LogP contribution is -2.26. The number of hydrogen-bond acceptors (Lipinski definition) is 2. The highest BCUT2D eigenvalue weighted by Crippen LogP contribution is 2.63. The van der Waals surface area contributed by atoms with Crippen LogP contribution in [0.4, 0.5) is 17.1 Å². The maximum absolute atomic E-state index is 6.51. The fraction of sp³-hybridized carbons (Fsp3) is 0.0175. The van der Waals surface area contributed by atoms with Gasteiger partial charge in [-0.3, -0.25) is 0 Å². The third-order valence-electron chi connectivity index (χ3n) is 13.0. The van der Waals surface area contributed by atoms with Crippen molar-refractivity contribution in [2.24, 2.45) is 0 Å². The van der Waals surface area contributed by atoms with Crippen LogP contribution in [0.15, 0.2) is 217 Å². The monoisotopic (exact) mass is 749 g/mol. The van der Waals surface area contributed by atoms with Gasteiger partial charge in [0.15, 0.2) is 0 Å². The summed E-state index contributed by atoms with van der Waals surface area (Å²) in [5.41, 5.74) is 17.5. The Hall–Kier alpha value is -7.68. The Bertz CT molecular complexity index is 3470. The molecular weight excluding hydrogens is 715 g/mol. The minimum absolute atomic E-state index is 0.447. The molecule has 0 amide bonds. The highest BCUT2D eigenvalue weighted by Gasteiger charge is 2.51. The molecule has 11 aromatic rings. The second-order valence-corrected chi connectivity index (χ2v) is 16.0. The molecule has 0 fully saturated rings. The molecule has 0 saturated carbocycles. The van der Waals surface area contributed by atoms with Crippen LogP contribution in [0.25, 0.3) is 76.9 Å². The molecule has 1 aromatic heterocycles. The van der Waals surface area contributed by atoms with Gasteiger partial charge in [-0.1, -0.05) is 158 Å². The van der Waals surface area contributed by atoms with Crippen molar-refractivity contribution in [2.75, 3.05) is 4.90 Å². The molecule has 0 radical (unpaired) electrons. The number of anilines is 3. The fourth-order valence-corrected chi connectivity index (χ4v) is 10.5. The van der Waals surface area contributed by atoms with E-state index >= 15 is 0 Å². The Morgan fingerprint density at radius 3 is 1.58 bits per heavy atom. The molecule has 0 atom stereocenters. The Balaban J connectivity index is 1.05. The molecule has 10 aromatic carbocycles. The van der Waals surface area contributed by atoms with Crippen LogP contribution in [-0.2, 0) is 5.41 Å². The minimum atomic E-state index is -0.447. The van der Waals surface area contributed by atoms with E-state index in [9.17, 15) is 0 Å². The lowest BCUT2D eigenvalue weighted by atomic mass is 9.70. The van der Waals surface area contributed by atoms with E-state index in [4.69, 9.17) is 4.42 Å². The van der Waals surface area contributed by atoms with Gasteiger partial charge in [-0.25, -0.2) is 0 Å². The number of furan rings is 1. The number of hydrogen-bond donors (Lipinski definition) is 0. The fourth-order valence-electron chi connectivity index (χ4n) is 10.5. The zero-order valence-electron chi connectivity index (χ0n) is 32.1. The van der Waals surface area contributed by atoms with Gasteiger partial charge in [-0.2, -0.15) is 0 Å². The van der Waals surface area contributed by atoms with Gasteiger partial charge in [0.1, 0.15) is 11.2 Å². The molecule has 1 heterocycles. The van der Waals surface area contributed by atoms with Gasteiger partial charge in [-0.05, 0) is 132 Å². The molecule has 274 valence electrons. The number of rotatable bonds is 4. The molecule has 0 saturated heterocycles. The van der Waals surface area contributed by atoms with E-state index in [0.717, 1.165) is 39.0 Å². The molecule has 2 nitrogen and oxygen atoms in total. The first kappa shape index (κ1) is 32.4. The minimum Gasteiger partial charge on any atom is -0.456 e. The molecule has 13 rings (SSSR count). The summed E-state index contributed by atoms with van der Waals surface area (Å²) >= 11 is 0. The predicted molar refractivity (Wildman–Crippen MR) is 245 cm³/mol. The largest absolute Gasteiger partial charge is 0.456 e. The first-order valence-electron chi connectivity index (χ1n) is 20.4. The summed E-state index contributed by atoms with van der Waals surface area (Å²) in [7, 11) is 0. The topological polar surface area (TPSA) is 16.4 Å². The summed E-state index contributed by atoms with van der Waals surface area (Å²) in [6, 6.07) is 78.2. The van der Waals surface area contributed by atoms with Gasteiger partial charge < -0.3 is 9.32 Å². The third kappa shape index (κ3) is 4.51. The summed E-state index contributed by atoms with van der Waals surface area (Å²) in [5.74, 6) is 0. The van der Waals surface area contributed by atoms with Crippen LogP contribution in [0.1, 0.15) is 22.3 Å². The Kier molecular flexibility index (Phi) is 6.68. The second kappa shape index (κ2) is 12.2. The molecule has 0 unspecified atom stereocenters. The van der Waals surface area contributed by atoms with Gasteiger partial charge in [0.2, 0.25) is 0 Å². The summed E-state index contributed by atoms with van der Waals surface area (Å²) in [6.07, 6.45) is 0. The zero-order valence-corrected chi connectivity index (χ0v) is 32.1. The van der Waals surface area contributed by atoms with Crippen molar-refractivity contribution in [3.05, 3.63) is 235 Å². The molecule has 0 aliphatic heterocycles. The van der Waals surface area contributed by atoms with E-state index in [0.29, 0.717) is 0 Å². The van der Waals surface area contributed by atoms with E-state index in [2.05, 4.69) is 211 Å². The lowest BCUT2D eigenvalue weighted by Gasteiger charge is -2.32. The Morgan fingerprint density at radius 1 is 0.339 bits per heavy atom. The van der Waals surface area contributed by atoms with Gasteiger partial charge in [0.05, 0.1) is 16.5 Å². The van der Waals surface area contributed by atoms with E-state index in [-0.39, 0.29) is 0 Å². The first-order valence-corrected chi connectivity index (χ1v) is 20.4. The van der Waals surface area contributed by atoms with E-state index in [1.807, 2.05) is 6.07 Å². The Labute approximate surface area is 341 Å². The van der Waals surface area contributed by atoms with Crippen molar-refractivity contribution in [1.82, 2.24) is 0 Å². The standard InChI is InChI=1S/C57H35NO/c1-2-13-37-32-38(25-24-36(37)12-1)39-26-27-41-34-42(29-28-40(41)33-39)58(53-21-11-23-55-56(53)48-17-6-10-22-54(48)59-55)43-30-31-47-46-16-5-9-20-51(46)57(52(47)35-43)49-18-7-3-14-44(49)45-15-4-8-19-50(45)57/h1-35H. The number of nitrogens with zero attached hydrogens (tertiary/aromatic N) is 1. The quantitative estimate of drug-likeness (QED) is 0.178. The summed E-state index contributed by atoms with van der Waals surface area (Å²) in [4.78, 5) is 2.45. The van der Waals surface area contributed by atoms with Crippen LogP contribution in [0.2, 0.25) is 0 Å². The van der Waals surface area contributed by atoms with E-state index in [1.165, 1.54) is 77.2 Å². The van der Waals surface area contributed by atoms with Crippen molar-refractivity contribution in [3.63, 3.8) is 0 Å². The average Bonchev–Trinajstić information content (AvgIpc) is 3.93. The molecule has 2 heteroatoms. The summed E-state index contributed by atoms with van der Waals surface area (Å²) in [6.45, 7) is 0. The molecule has 59 heavy (non-hydrogen) atoms. The van der Waals surface area contributed by atoms with Crippen LogP contribution in [0.3, 0.4) is 0 Å². The number of fused-ring (bicyclic) bond motifs is 15. The number of para-hydroxylation sites is 1. The molecule has 1 spiro atoms. The smallest absolute Gasteiger partial charge is 0.137 e. The summed E-state index contributed by atoms with van der Waals surface area (Å²) in [5, 5.41) is 7.10. The van der Waals surface area contributed by atoms with E-state index in [1.54, 1.807) is 0 Å². The van der Waals surface area contributed by atoms with Crippen LogP contribution in [0.5, 0.6) is 0 Å². The SMILES string of the molecule is c1ccc2c(c1)-c1ccccc1C21c2ccccc2-c2ccc(N(c3ccc4cc(-c5ccc6ccccc6c5)ccc4c3)c3cccc4oc5ccccc5c34)cc21. The predicted octanol–water partition coefficient (Wildman–Crippen LogP) is 15.4. The zero-order chi connectivity index (χ0) is 38.7. The van der Waals surface area contributed by atoms with Gasteiger partial charge in [-0.15, -0.1) is 0 Å². The Morgan fingerprint density at radius 2 is 0.847 bits per heavy atom. The molecule has 0 N–H and O–H groups in total. The highest BCUT2D eigenvalue weighted by molar-refractivity contribution is 6.14. The van der Waals surface area contributed by atoms with Crippen LogP contribution in [0, 0.1) is 0 Å². The van der Waals surface area contributed by atoms with Crippen molar-refractivity contribution in [3.8, 4) is 33.4 Å². The normalized spacial score (nSPS) is 13.2. The number of benzene rings is 10. The van der Waals surface area contributed by atoms with Crippen molar-refractivity contribution < 1.29 is 4.42 Å². The molecular formula is C57H35NO. The van der Waals surface area contributed by atoms with E-state index < -0.39 is 5.41 Å². The molecule has 0 bridgehead atoms. The van der Waals surface area contributed by atoms with Gasteiger partial charge in [0, 0.05) is 16.8 Å². The average molecular weight is 750 g/mol.